The van der Waals surface area contributed by atoms with Gasteiger partial charge in [0.05, 0.1) is 12.7 Å². The maximum atomic E-state index is 10.7. The summed E-state index contributed by atoms with van der Waals surface area (Å²) in [5.74, 6) is -0.723. The first-order valence-corrected chi connectivity index (χ1v) is 4.54. The summed E-state index contributed by atoms with van der Waals surface area (Å²) in [6, 6.07) is 0.413. The van der Waals surface area contributed by atoms with Gasteiger partial charge < -0.3 is 15.6 Å². The highest BCUT2D eigenvalue weighted by Gasteiger charge is 2.22. The molecule has 1 atom stereocenters. The first-order valence-electron chi connectivity index (χ1n) is 3.74. The Balaban J connectivity index is 3.23. The predicted molar refractivity (Wildman–Crippen MR) is 53.1 cm³/mol. The fourth-order valence-electron chi connectivity index (χ4n) is 1.01. The minimum atomic E-state index is -1.15. The standard InChI is InChI=1S/C8H9BrN2O3/c1-14-4-2-3-11-7(9)5(4)6(10)8(12)13/h2-3,6H,10H2,1H3,(H,12,13). The predicted octanol–water partition coefficient (Wildman–Crippen LogP) is 0.937. The van der Waals surface area contributed by atoms with Crippen LogP contribution >= 0.6 is 15.9 Å². The van der Waals surface area contributed by atoms with E-state index in [2.05, 4.69) is 20.9 Å². The van der Waals surface area contributed by atoms with Crippen LogP contribution in [-0.4, -0.2) is 23.2 Å². The number of rotatable bonds is 3. The smallest absolute Gasteiger partial charge is 0.325 e. The summed E-state index contributed by atoms with van der Waals surface area (Å²) in [7, 11) is 1.44. The number of carbonyl (C=O) groups is 1. The van der Waals surface area contributed by atoms with Gasteiger partial charge in [-0.2, -0.15) is 0 Å². The average Bonchev–Trinajstić information content (AvgIpc) is 2.16. The summed E-state index contributed by atoms with van der Waals surface area (Å²) in [5.41, 5.74) is 5.80. The lowest BCUT2D eigenvalue weighted by molar-refractivity contribution is -0.138. The monoisotopic (exact) mass is 260 g/mol. The van der Waals surface area contributed by atoms with Crippen molar-refractivity contribution in [2.24, 2.45) is 5.73 Å². The van der Waals surface area contributed by atoms with Crippen molar-refractivity contribution in [3.05, 3.63) is 22.4 Å². The summed E-state index contributed by atoms with van der Waals surface area (Å²) in [5, 5.41) is 8.75. The van der Waals surface area contributed by atoms with Crippen LogP contribution in [0.3, 0.4) is 0 Å². The Hall–Kier alpha value is -1.14. The molecule has 0 aliphatic carbocycles. The number of aromatic nitrogens is 1. The molecule has 0 aliphatic rings. The number of methoxy groups -OCH3 is 1. The van der Waals surface area contributed by atoms with Gasteiger partial charge in [-0.25, -0.2) is 4.98 Å². The lowest BCUT2D eigenvalue weighted by atomic mass is 10.1. The SMILES string of the molecule is COc1ccnc(Br)c1C(N)C(=O)O. The number of pyridine rings is 1. The maximum absolute atomic E-state index is 10.7. The van der Waals surface area contributed by atoms with E-state index in [9.17, 15) is 4.79 Å². The number of carboxylic acid groups (broad SMARTS) is 1. The third-order valence-corrected chi connectivity index (χ3v) is 2.33. The number of hydrogen-bond acceptors (Lipinski definition) is 4. The fourth-order valence-corrected chi connectivity index (χ4v) is 1.57. The highest BCUT2D eigenvalue weighted by Crippen LogP contribution is 2.29. The van der Waals surface area contributed by atoms with Crippen molar-refractivity contribution in [2.45, 2.75) is 6.04 Å². The summed E-state index contributed by atoms with van der Waals surface area (Å²) in [4.78, 5) is 14.6. The lowest BCUT2D eigenvalue weighted by Crippen LogP contribution is -2.22. The van der Waals surface area contributed by atoms with Crippen LogP contribution in [0, 0.1) is 0 Å². The van der Waals surface area contributed by atoms with Gasteiger partial charge in [0.15, 0.2) is 0 Å². The van der Waals surface area contributed by atoms with Crippen molar-refractivity contribution in [2.75, 3.05) is 7.11 Å². The molecule has 0 aromatic carbocycles. The third-order valence-electron chi connectivity index (χ3n) is 1.70. The van der Waals surface area contributed by atoms with Gasteiger partial charge in [-0.05, 0) is 22.0 Å². The van der Waals surface area contributed by atoms with Crippen LogP contribution in [0.5, 0.6) is 5.75 Å². The molecular weight excluding hydrogens is 252 g/mol. The number of nitrogens with two attached hydrogens (primary N) is 1. The van der Waals surface area contributed by atoms with E-state index in [4.69, 9.17) is 15.6 Å². The molecule has 1 aromatic heterocycles. The van der Waals surface area contributed by atoms with Gasteiger partial charge in [0, 0.05) is 6.20 Å². The second-order valence-corrected chi connectivity index (χ2v) is 3.28. The highest BCUT2D eigenvalue weighted by molar-refractivity contribution is 9.10. The summed E-state index contributed by atoms with van der Waals surface area (Å²) in [6.45, 7) is 0. The van der Waals surface area contributed by atoms with E-state index in [0.29, 0.717) is 15.9 Å². The topological polar surface area (TPSA) is 85.4 Å². The van der Waals surface area contributed by atoms with Gasteiger partial charge in [0.25, 0.3) is 0 Å². The summed E-state index contributed by atoms with van der Waals surface area (Å²) >= 11 is 3.12. The minimum Gasteiger partial charge on any atom is -0.496 e. The van der Waals surface area contributed by atoms with Gasteiger partial charge >= 0.3 is 5.97 Å². The highest BCUT2D eigenvalue weighted by atomic mass is 79.9. The Morgan fingerprint density at radius 2 is 2.43 bits per heavy atom. The second-order valence-electron chi connectivity index (χ2n) is 2.53. The molecule has 6 heteroatoms. The Bertz CT molecular complexity index is 356. The van der Waals surface area contributed by atoms with Crippen LogP contribution in [-0.2, 0) is 4.79 Å². The molecule has 1 rings (SSSR count). The molecule has 0 saturated heterocycles. The van der Waals surface area contributed by atoms with E-state index in [1.54, 1.807) is 6.07 Å². The molecule has 0 fully saturated rings. The van der Waals surface area contributed by atoms with Crippen LogP contribution in [0.25, 0.3) is 0 Å². The number of hydrogen-bond donors (Lipinski definition) is 2. The first-order chi connectivity index (χ1) is 6.57. The van der Waals surface area contributed by atoms with E-state index in [1.807, 2.05) is 0 Å². The van der Waals surface area contributed by atoms with Gasteiger partial charge in [-0.3, -0.25) is 4.79 Å². The van der Waals surface area contributed by atoms with Crippen molar-refractivity contribution in [1.82, 2.24) is 4.98 Å². The third kappa shape index (κ3) is 2.02. The Morgan fingerprint density at radius 3 is 2.93 bits per heavy atom. The molecular formula is C8H9BrN2O3. The van der Waals surface area contributed by atoms with Gasteiger partial charge in [0.1, 0.15) is 16.4 Å². The van der Waals surface area contributed by atoms with Crippen molar-refractivity contribution >= 4 is 21.9 Å². The Labute approximate surface area is 89.0 Å². The molecule has 14 heavy (non-hydrogen) atoms. The van der Waals surface area contributed by atoms with Crippen LogP contribution in [0.2, 0.25) is 0 Å². The van der Waals surface area contributed by atoms with Crippen molar-refractivity contribution in [1.29, 1.82) is 0 Å². The van der Waals surface area contributed by atoms with E-state index < -0.39 is 12.0 Å². The van der Waals surface area contributed by atoms with E-state index in [1.165, 1.54) is 13.3 Å². The molecule has 1 heterocycles. The van der Waals surface area contributed by atoms with Gasteiger partial charge in [-0.1, -0.05) is 0 Å². The quantitative estimate of drug-likeness (QED) is 0.791. The number of aliphatic carboxylic acids is 1. The molecule has 0 bridgehead atoms. The van der Waals surface area contributed by atoms with Crippen LogP contribution < -0.4 is 10.5 Å². The zero-order chi connectivity index (χ0) is 10.7. The second kappa shape index (κ2) is 4.39. The number of ether oxygens (including phenoxy) is 1. The number of halogens is 1. The molecule has 0 radical (unpaired) electrons. The number of nitrogens with zero attached hydrogens (tertiary/aromatic N) is 1. The largest absolute Gasteiger partial charge is 0.496 e. The van der Waals surface area contributed by atoms with Crippen molar-refractivity contribution in [3.8, 4) is 5.75 Å². The zero-order valence-electron chi connectivity index (χ0n) is 7.40. The van der Waals surface area contributed by atoms with Crippen LogP contribution in [0.1, 0.15) is 11.6 Å². The molecule has 0 saturated carbocycles. The van der Waals surface area contributed by atoms with Gasteiger partial charge in [0.2, 0.25) is 0 Å². The Kier molecular flexibility index (Phi) is 3.43. The van der Waals surface area contributed by atoms with Gasteiger partial charge in [-0.15, -0.1) is 0 Å². The molecule has 1 aromatic rings. The molecule has 0 amide bonds. The fraction of sp³-hybridized carbons (Fsp3) is 0.250. The lowest BCUT2D eigenvalue weighted by Gasteiger charge is -2.12. The first kappa shape index (κ1) is 10.9. The van der Waals surface area contributed by atoms with Crippen molar-refractivity contribution < 1.29 is 14.6 Å². The maximum Gasteiger partial charge on any atom is 0.325 e. The molecule has 5 nitrogen and oxygen atoms in total. The normalized spacial score (nSPS) is 12.2. The van der Waals surface area contributed by atoms with Crippen LogP contribution in [0.15, 0.2) is 16.9 Å². The average molecular weight is 261 g/mol. The Morgan fingerprint density at radius 1 is 1.79 bits per heavy atom. The molecule has 0 aliphatic heterocycles. The van der Waals surface area contributed by atoms with Crippen LogP contribution in [0.4, 0.5) is 0 Å². The van der Waals surface area contributed by atoms with E-state index >= 15 is 0 Å². The van der Waals surface area contributed by atoms with E-state index in [0.717, 1.165) is 0 Å². The summed E-state index contributed by atoms with van der Waals surface area (Å²) < 4.78 is 5.37. The molecule has 0 spiro atoms. The number of carboxylic acids is 1. The molecule has 76 valence electrons. The molecule has 1 unspecified atom stereocenters. The summed E-state index contributed by atoms with van der Waals surface area (Å²) in [6.07, 6.45) is 1.50. The minimum absolute atomic E-state index is 0.336. The van der Waals surface area contributed by atoms with Crippen molar-refractivity contribution in [3.63, 3.8) is 0 Å². The zero-order valence-corrected chi connectivity index (χ0v) is 8.98. The molecule has 3 N–H and O–H groups in total. The van der Waals surface area contributed by atoms with E-state index in [-0.39, 0.29) is 0 Å².